The lowest BCUT2D eigenvalue weighted by Crippen LogP contribution is -2.14. The van der Waals surface area contributed by atoms with Crippen LogP contribution in [0.15, 0.2) is 42.5 Å². The predicted octanol–water partition coefficient (Wildman–Crippen LogP) is 3.74. The first kappa shape index (κ1) is 14.8. The Morgan fingerprint density at radius 2 is 1.65 bits per heavy atom. The summed E-state index contributed by atoms with van der Waals surface area (Å²) in [4.78, 5) is 0. The Morgan fingerprint density at radius 1 is 0.900 bits per heavy atom. The highest BCUT2D eigenvalue weighted by Crippen LogP contribution is 2.12. The molecule has 2 aromatic carbocycles. The molecule has 20 heavy (non-hydrogen) atoms. The molecule has 0 spiro atoms. The van der Waals surface area contributed by atoms with E-state index in [1.165, 1.54) is 27.8 Å². The van der Waals surface area contributed by atoms with Crippen LogP contribution in [0.1, 0.15) is 27.8 Å². The zero-order valence-electron chi connectivity index (χ0n) is 12.6. The number of nitrogens with one attached hydrogen (secondary N) is 1. The molecule has 0 unspecified atom stereocenters. The van der Waals surface area contributed by atoms with E-state index in [0.29, 0.717) is 6.61 Å². The van der Waals surface area contributed by atoms with Gasteiger partial charge in [-0.15, -0.1) is 0 Å². The highest BCUT2D eigenvalue weighted by Gasteiger charge is 2.01. The molecule has 0 aliphatic rings. The monoisotopic (exact) mass is 269 g/mol. The van der Waals surface area contributed by atoms with Crippen LogP contribution in [0.2, 0.25) is 0 Å². The van der Waals surface area contributed by atoms with E-state index in [4.69, 9.17) is 4.74 Å². The molecule has 0 amide bonds. The average molecular weight is 269 g/mol. The fourth-order valence-corrected chi connectivity index (χ4v) is 2.28. The van der Waals surface area contributed by atoms with Crippen molar-refractivity contribution in [3.63, 3.8) is 0 Å². The van der Waals surface area contributed by atoms with Crippen LogP contribution in [-0.4, -0.2) is 7.11 Å². The van der Waals surface area contributed by atoms with E-state index in [2.05, 4.69) is 61.6 Å². The molecule has 0 aliphatic carbocycles. The molecule has 0 aliphatic heterocycles. The Bertz CT molecular complexity index is 563. The third-order valence-corrected chi connectivity index (χ3v) is 3.63. The fourth-order valence-electron chi connectivity index (χ4n) is 2.28. The highest BCUT2D eigenvalue weighted by molar-refractivity contribution is 5.30. The normalized spacial score (nSPS) is 10.8. The van der Waals surface area contributed by atoms with Gasteiger partial charge in [-0.05, 0) is 41.7 Å². The van der Waals surface area contributed by atoms with Crippen molar-refractivity contribution in [3.8, 4) is 0 Å². The number of benzene rings is 2. The third-order valence-electron chi connectivity index (χ3n) is 3.63. The fraction of sp³-hybridized carbons (Fsp3) is 0.333. The van der Waals surface area contributed by atoms with Crippen LogP contribution >= 0.6 is 0 Å². The Balaban J connectivity index is 1.94. The minimum atomic E-state index is 0.668. The standard InChI is InChI=1S/C18H23NO/c1-14-8-9-16(10-15(14)2)11-19-12-17-6-4-5-7-18(17)13-20-3/h4-10,19H,11-13H2,1-3H3. The molecule has 0 bridgehead atoms. The Hall–Kier alpha value is -1.64. The third kappa shape index (κ3) is 3.92. The summed E-state index contributed by atoms with van der Waals surface area (Å²) in [6, 6.07) is 15.0. The van der Waals surface area contributed by atoms with E-state index in [0.717, 1.165) is 13.1 Å². The van der Waals surface area contributed by atoms with Gasteiger partial charge in [-0.1, -0.05) is 42.5 Å². The number of hydrogen-bond acceptors (Lipinski definition) is 2. The molecule has 0 saturated heterocycles. The minimum Gasteiger partial charge on any atom is -0.380 e. The maximum Gasteiger partial charge on any atom is 0.0716 e. The number of hydrogen-bond donors (Lipinski definition) is 1. The van der Waals surface area contributed by atoms with Crippen molar-refractivity contribution in [3.05, 3.63) is 70.3 Å². The second-order valence-electron chi connectivity index (χ2n) is 5.22. The van der Waals surface area contributed by atoms with Crippen LogP contribution in [0.25, 0.3) is 0 Å². The molecule has 0 atom stereocenters. The Kier molecular flexibility index (Phi) is 5.33. The molecule has 0 aromatic heterocycles. The summed E-state index contributed by atoms with van der Waals surface area (Å²) in [6.07, 6.45) is 0. The topological polar surface area (TPSA) is 21.3 Å². The van der Waals surface area contributed by atoms with Gasteiger partial charge in [0.15, 0.2) is 0 Å². The quantitative estimate of drug-likeness (QED) is 0.862. The van der Waals surface area contributed by atoms with Gasteiger partial charge >= 0.3 is 0 Å². The van der Waals surface area contributed by atoms with Gasteiger partial charge in [0.25, 0.3) is 0 Å². The van der Waals surface area contributed by atoms with Crippen LogP contribution in [0, 0.1) is 13.8 Å². The van der Waals surface area contributed by atoms with Crippen molar-refractivity contribution in [2.24, 2.45) is 0 Å². The zero-order valence-corrected chi connectivity index (χ0v) is 12.6. The first-order valence-electron chi connectivity index (χ1n) is 7.03. The lowest BCUT2D eigenvalue weighted by Gasteiger charge is -2.11. The summed E-state index contributed by atoms with van der Waals surface area (Å²) in [6.45, 7) is 6.73. The molecular formula is C18H23NO. The van der Waals surface area contributed by atoms with Crippen molar-refractivity contribution in [2.75, 3.05) is 7.11 Å². The summed E-state index contributed by atoms with van der Waals surface area (Å²) in [5.74, 6) is 0. The van der Waals surface area contributed by atoms with Gasteiger partial charge in [-0.3, -0.25) is 0 Å². The van der Waals surface area contributed by atoms with Gasteiger partial charge in [0.1, 0.15) is 0 Å². The molecular weight excluding hydrogens is 246 g/mol. The molecule has 2 rings (SSSR count). The molecule has 0 radical (unpaired) electrons. The van der Waals surface area contributed by atoms with Crippen LogP contribution in [0.4, 0.5) is 0 Å². The largest absolute Gasteiger partial charge is 0.380 e. The number of methoxy groups -OCH3 is 1. The van der Waals surface area contributed by atoms with Gasteiger partial charge < -0.3 is 10.1 Å². The van der Waals surface area contributed by atoms with E-state index in [9.17, 15) is 0 Å². The summed E-state index contributed by atoms with van der Waals surface area (Å²) < 4.78 is 5.23. The molecule has 0 fully saturated rings. The molecule has 2 heteroatoms. The summed E-state index contributed by atoms with van der Waals surface area (Å²) >= 11 is 0. The predicted molar refractivity (Wildman–Crippen MR) is 83.6 cm³/mol. The molecule has 1 N–H and O–H groups in total. The minimum absolute atomic E-state index is 0.668. The van der Waals surface area contributed by atoms with Crippen molar-refractivity contribution in [2.45, 2.75) is 33.5 Å². The van der Waals surface area contributed by atoms with Crippen LogP contribution in [-0.2, 0) is 24.4 Å². The molecule has 106 valence electrons. The summed E-state index contributed by atoms with van der Waals surface area (Å²) in [5.41, 5.74) is 6.58. The maximum atomic E-state index is 5.23. The first-order chi connectivity index (χ1) is 9.70. The first-order valence-corrected chi connectivity index (χ1v) is 7.03. The zero-order chi connectivity index (χ0) is 14.4. The number of rotatable bonds is 6. The summed E-state index contributed by atoms with van der Waals surface area (Å²) in [7, 11) is 1.74. The van der Waals surface area contributed by atoms with Crippen molar-refractivity contribution >= 4 is 0 Å². The van der Waals surface area contributed by atoms with Crippen molar-refractivity contribution in [1.82, 2.24) is 5.32 Å². The molecule has 0 heterocycles. The number of aryl methyl sites for hydroxylation is 2. The molecule has 2 aromatic rings. The van der Waals surface area contributed by atoms with Crippen LogP contribution < -0.4 is 5.32 Å². The van der Waals surface area contributed by atoms with Gasteiger partial charge in [-0.2, -0.15) is 0 Å². The van der Waals surface area contributed by atoms with E-state index in [1.54, 1.807) is 7.11 Å². The highest BCUT2D eigenvalue weighted by atomic mass is 16.5. The maximum absolute atomic E-state index is 5.23. The van der Waals surface area contributed by atoms with E-state index in [-0.39, 0.29) is 0 Å². The van der Waals surface area contributed by atoms with Crippen molar-refractivity contribution < 1.29 is 4.74 Å². The smallest absolute Gasteiger partial charge is 0.0716 e. The Morgan fingerprint density at radius 3 is 2.35 bits per heavy atom. The lowest BCUT2D eigenvalue weighted by atomic mass is 10.1. The van der Waals surface area contributed by atoms with E-state index >= 15 is 0 Å². The molecule has 2 nitrogen and oxygen atoms in total. The Labute approximate surface area is 121 Å². The van der Waals surface area contributed by atoms with E-state index < -0.39 is 0 Å². The lowest BCUT2D eigenvalue weighted by molar-refractivity contribution is 0.184. The SMILES string of the molecule is COCc1ccccc1CNCc1ccc(C)c(C)c1. The van der Waals surface area contributed by atoms with Gasteiger partial charge in [0.2, 0.25) is 0 Å². The molecule has 0 saturated carbocycles. The van der Waals surface area contributed by atoms with Gasteiger partial charge in [-0.25, -0.2) is 0 Å². The van der Waals surface area contributed by atoms with Gasteiger partial charge in [0, 0.05) is 20.2 Å². The van der Waals surface area contributed by atoms with Crippen LogP contribution in [0.3, 0.4) is 0 Å². The number of ether oxygens (including phenoxy) is 1. The van der Waals surface area contributed by atoms with Crippen molar-refractivity contribution in [1.29, 1.82) is 0 Å². The second-order valence-corrected chi connectivity index (χ2v) is 5.22. The van der Waals surface area contributed by atoms with Crippen LogP contribution in [0.5, 0.6) is 0 Å². The van der Waals surface area contributed by atoms with Gasteiger partial charge in [0.05, 0.1) is 6.61 Å². The summed E-state index contributed by atoms with van der Waals surface area (Å²) in [5, 5.41) is 3.51. The van der Waals surface area contributed by atoms with E-state index in [1.807, 2.05) is 0 Å². The second kappa shape index (κ2) is 7.22. The average Bonchev–Trinajstić information content (AvgIpc) is 2.45.